The molecular weight excluding hydrogens is 228 g/mol. The molecule has 0 aliphatic heterocycles. The second-order valence-electron chi connectivity index (χ2n) is 2.50. The molecule has 0 heterocycles. The van der Waals surface area contributed by atoms with Crippen LogP contribution in [0.5, 0.6) is 0 Å². The van der Waals surface area contributed by atoms with Crippen molar-refractivity contribution in [3.63, 3.8) is 0 Å². The molecule has 0 bridgehead atoms. The molecule has 0 aliphatic carbocycles. The van der Waals surface area contributed by atoms with E-state index in [-0.39, 0.29) is 0 Å². The van der Waals surface area contributed by atoms with Gasteiger partial charge in [-0.15, -0.1) is 0 Å². The van der Waals surface area contributed by atoms with Gasteiger partial charge in [-0.25, -0.2) is 0 Å². The van der Waals surface area contributed by atoms with E-state index in [0.29, 0.717) is 0 Å². The average molecular weight is 245 g/mol. The molecule has 68 valence electrons. The maximum absolute atomic E-state index is 5.52. The van der Waals surface area contributed by atoms with Gasteiger partial charge in [-0.3, -0.25) is 0 Å². The monoisotopic (exact) mass is 244 g/mol. The van der Waals surface area contributed by atoms with E-state index in [0.717, 1.165) is 21.0 Å². The molecule has 4 nitrogen and oxygen atoms in total. The summed E-state index contributed by atoms with van der Waals surface area (Å²) in [6.07, 6.45) is 0. The van der Waals surface area contributed by atoms with Gasteiger partial charge in [0.2, 0.25) is 0 Å². The molecule has 0 saturated heterocycles. The smallest absolute Gasteiger partial charge is 0.313 e. The molecule has 9 heteroatoms. The van der Waals surface area contributed by atoms with Gasteiger partial charge in [0.1, 0.15) is 21.0 Å². The van der Waals surface area contributed by atoms with Crippen LogP contribution in [0.1, 0.15) is 0 Å². The van der Waals surface area contributed by atoms with Gasteiger partial charge in [0.25, 0.3) is 20.0 Å². The van der Waals surface area contributed by atoms with Crippen LogP contribution >= 0.6 is 0 Å². The fourth-order valence-electron chi connectivity index (χ4n) is 0.443. The lowest BCUT2D eigenvalue weighted by molar-refractivity contribution is 0.363. The summed E-state index contributed by atoms with van der Waals surface area (Å²) in [6, 6.07) is 0. The van der Waals surface area contributed by atoms with Crippen LogP contribution in [-0.4, -0.2) is 49.5 Å². The molecule has 0 aromatic carbocycles. The van der Waals surface area contributed by atoms with E-state index in [1.807, 2.05) is 13.1 Å². The first-order chi connectivity index (χ1) is 5.12. The molecule has 0 N–H and O–H groups in total. The van der Waals surface area contributed by atoms with Crippen molar-refractivity contribution in [3.05, 3.63) is 0 Å². The van der Waals surface area contributed by atoms with Crippen LogP contribution in [0.15, 0.2) is 0 Å². The van der Waals surface area contributed by atoms with Crippen molar-refractivity contribution < 1.29 is 16.5 Å². The van der Waals surface area contributed by atoms with Gasteiger partial charge in [-0.05, 0) is 13.1 Å². The summed E-state index contributed by atoms with van der Waals surface area (Å²) in [7, 11) is -1.74. The van der Waals surface area contributed by atoms with E-state index in [4.69, 9.17) is 16.5 Å². The normalized spacial score (nSPS) is 14.7. The summed E-state index contributed by atoms with van der Waals surface area (Å²) in [5.74, 6) is 0. The van der Waals surface area contributed by atoms with Crippen LogP contribution in [-0.2, 0) is 16.5 Å². The van der Waals surface area contributed by atoms with Crippen molar-refractivity contribution in [1.82, 2.24) is 0 Å². The lowest BCUT2D eigenvalue weighted by Crippen LogP contribution is -2.38. The predicted molar refractivity (Wildman–Crippen MR) is 58.8 cm³/mol. The zero-order valence-corrected chi connectivity index (χ0v) is 15.4. The van der Waals surface area contributed by atoms with Crippen molar-refractivity contribution >= 4 is 49.5 Å². The van der Waals surface area contributed by atoms with Gasteiger partial charge in [-0.1, -0.05) is 0 Å². The second kappa shape index (κ2) is 6.44. The standard InChI is InChI=1S/C2H16O4Si5/c1-11(2,5-9-3-7)6-10-4-8/h9-10H2,1-2,7-8H3. The van der Waals surface area contributed by atoms with E-state index in [1.165, 1.54) is 0 Å². The van der Waals surface area contributed by atoms with Gasteiger partial charge in [0.05, 0.1) is 0 Å². The average Bonchev–Trinajstić information content (AvgIpc) is 1.97. The zero-order valence-electron chi connectivity index (χ0n) is 7.55. The Hall–Kier alpha value is 0.924. The third-order valence-electron chi connectivity index (χ3n) is 1.05. The molecular formula is C2H16O4Si5. The lowest BCUT2D eigenvalue weighted by atomic mass is 11.9. The number of hydrogen-bond donors (Lipinski definition) is 0. The van der Waals surface area contributed by atoms with Crippen molar-refractivity contribution in [2.24, 2.45) is 0 Å². The molecule has 0 atom stereocenters. The Morgan fingerprint density at radius 2 is 1.36 bits per heavy atom. The fourth-order valence-corrected chi connectivity index (χ4v) is 6.86. The van der Waals surface area contributed by atoms with Crippen LogP contribution in [0.2, 0.25) is 13.1 Å². The van der Waals surface area contributed by atoms with E-state index in [9.17, 15) is 0 Å². The van der Waals surface area contributed by atoms with E-state index in [2.05, 4.69) is 0 Å². The summed E-state index contributed by atoms with van der Waals surface area (Å²) in [4.78, 5) is 0. The first-order valence-electron chi connectivity index (χ1n) is 3.38. The lowest BCUT2D eigenvalue weighted by Gasteiger charge is -2.22. The molecule has 0 amide bonds. The van der Waals surface area contributed by atoms with Gasteiger partial charge in [-0.2, -0.15) is 0 Å². The van der Waals surface area contributed by atoms with Crippen molar-refractivity contribution in [2.75, 3.05) is 0 Å². The Kier molecular flexibility index (Phi) is 6.98. The van der Waals surface area contributed by atoms with Crippen molar-refractivity contribution in [3.8, 4) is 0 Å². The molecule has 0 aliphatic rings. The molecule has 0 aromatic heterocycles. The highest BCUT2D eigenvalue weighted by Crippen LogP contribution is 2.03. The van der Waals surface area contributed by atoms with Gasteiger partial charge in [0, 0.05) is 0 Å². The number of hydrogen-bond acceptors (Lipinski definition) is 4. The first-order valence-corrected chi connectivity index (χ1v) is 10.1. The highest BCUT2D eigenvalue weighted by Gasteiger charge is 2.23. The molecule has 0 aromatic rings. The zero-order chi connectivity index (χ0) is 8.74. The van der Waals surface area contributed by atoms with Crippen LogP contribution in [0.25, 0.3) is 0 Å². The van der Waals surface area contributed by atoms with E-state index in [1.54, 1.807) is 0 Å². The molecule has 0 unspecified atom stereocenters. The van der Waals surface area contributed by atoms with E-state index >= 15 is 0 Å². The van der Waals surface area contributed by atoms with Crippen LogP contribution in [0.3, 0.4) is 0 Å². The van der Waals surface area contributed by atoms with Crippen molar-refractivity contribution in [2.45, 2.75) is 13.1 Å². The molecule has 0 saturated carbocycles. The fraction of sp³-hybridized carbons (Fsp3) is 1.00. The highest BCUT2D eigenvalue weighted by molar-refractivity contribution is 6.72. The largest absolute Gasteiger partial charge is 0.449 e. The first kappa shape index (κ1) is 11.9. The quantitative estimate of drug-likeness (QED) is 0.451. The number of rotatable bonds is 6. The minimum absolute atomic E-state index is 0.734. The molecule has 0 spiro atoms. The Balaban J connectivity index is 3.43. The topological polar surface area (TPSA) is 36.9 Å². The van der Waals surface area contributed by atoms with Crippen LogP contribution in [0.4, 0.5) is 0 Å². The summed E-state index contributed by atoms with van der Waals surface area (Å²) in [5, 5.41) is 0. The minimum Gasteiger partial charge on any atom is -0.449 e. The highest BCUT2D eigenvalue weighted by atomic mass is 28.4. The SMILES string of the molecule is C[Si](C)(O[SiH2]O[SiH3])O[SiH2]O[SiH3]. The van der Waals surface area contributed by atoms with Crippen LogP contribution in [0, 0.1) is 0 Å². The Morgan fingerprint density at radius 3 is 1.64 bits per heavy atom. The Morgan fingerprint density at radius 1 is 1.00 bits per heavy atom. The maximum Gasteiger partial charge on any atom is 0.313 e. The third-order valence-corrected chi connectivity index (χ3v) is 9.44. The Bertz CT molecular complexity index is 88.5. The Labute approximate surface area is 79.4 Å². The molecule has 11 heavy (non-hydrogen) atoms. The summed E-state index contributed by atoms with van der Waals surface area (Å²) >= 11 is 0. The molecule has 0 radical (unpaired) electrons. The van der Waals surface area contributed by atoms with Gasteiger partial charge < -0.3 is 16.5 Å². The van der Waals surface area contributed by atoms with Crippen LogP contribution < -0.4 is 0 Å². The van der Waals surface area contributed by atoms with Gasteiger partial charge >= 0.3 is 8.56 Å². The summed E-state index contributed by atoms with van der Waals surface area (Å²) in [5.41, 5.74) is 0. The minimum atomic E-state index is -1.83. The predicted octanol–water partition coefficient (Wildman–Crippen LogP) is -3.69. The molecule has 0 fully saturated rings. The maximum atomic E-state index is 5.52. The summed E-state index contributed by atoms with van der Waals surface area (Å²) in [6.45, 7) is 4.07. The van der Waals surface area contributed by atoms with Crippen molar-refractivity contribution in [1.29, 1.82) is 0 Å². The third kappa shape index (κ3) is 7.29. The van der Waals surface area contributed by atoms with Gasteiger partial charge in [0.15, 0.2) is 0 Å². The molecule has 0 rings (SSSR count). The summed E-state index contributed by atoms with van der Waals surface area (Å²) < 4.78 is 21.1. The second-order valence-corrected chi connectivity index (χ2v) is 12.7. The van der Waals surface area contributed by atoms with E-state index < -0.39 is 28.6 Å².